The van der Waals surface area contributed by atoms with Crippen molar-refractivity contribution in [3.05, 3.63) is 34.9 Å². The van der Waals surface area contributed by atoms with E-state index in [1.807, 2.05) is 36.0 Å². The van der Waals surface area contributed by atoms with E-state index in [2.05, 4.69) is 42.7 Å². The van der Waals surface area contributed by atoms with Crippen molar-refractivity contribution in [2.75, 3.05) is 19.3 Å². The Balaban J connectivity index is 2.66. The molecule has 0 heterocycles. The average Bonchev–Trinajstić information content (AvgIpc) is 2.43. The van der Waals surface area contributed by atoms with Gasteiger partial charge in [-0.15, -0.1) is 0 Å². The first-order valence-electron chi connectivity index (χ1n) is 6.79. The number of hydrogen-bond acceptors (Lipinski definition) is 2. The lowest BCUT2D eigenvalue weighted by Crippen LogP contribution is -2.43. The number of halogens is 1. The molecule has 112 valence electrons. The largest absolute Gasteiger partial charge is 0.357 e. The van der Waals surface area contributed by atoms with Crippen molar-refractivity contribution < 1.29 is 0 Å². The molecular weight excluding hydrogens is 290 g/mol. The van der Waals surface area contributed by atoms with Gasteiger partial charge in [0.15, 0.2) is 5.96 Å². The maximum atomic E-state index is 6.14. The predicted octanol–water partition coefficient (Wildman–Crippen LogP) is 3.54. The van der Waals surface area contributed by atoms with Gasteiger partial charge in [-0.3, -0.25) is 0 Å². The van der Waals surface area contributed by atoms with Crippen molar-refractivity contribution in [2.24, 2.45) is 4.99 Å². The molecule has 0 saturated heterocycles. The van der Waals surface area contributed by atoms with Crippen molar-refractivity contribution in [3.8, 4) is 0 Å². The van der Waals surface area contributed by atoms with Crippen molar-refractivity contribution >= 4 is 29.3 Å². The molecule has 0 fully saturated rings. The summed E-state index contributed by atoms with van der Waals surface area (Å²) in [6.07, 6.45) is 2.12. The summed E-state index contributed by atoms with van der Waals surface area (Å²) in [4.78, 5) is 4.58. The number of nitrogens with one attached hydrogen (secondary N) is 2. The van der Waals surface area contributed by atoms with Crippen LogP contribution in [0.1, 0.15) is 26.3 Å². The fraction of sp³-hybridized carbons (Fsp3) is 0.533. The minimum Gasteiger partial charge on any atom is -0.357 e. The third kappa shape index (κ3) is 6.06. The number of benzene rings is 1. The Bertz CT molecular complexity index is 446. The van der Waals surface area contributed by atoms with Crippen LogP contribution in [0.25, 0.3) is 0 Å². The van der Waals surface area contributed by atoms with E-state index in [0.29, 0.717) is 6.54 Å². The normalized spacial score (nSPS) is 12.3. The number of thioether (sulfide) groups is 1. The Labute approximate surface area is 131 Å². The first kappa shape index (κ1) is 17.2. The Kier molecular flexibility index (Phi) is 7.24. The van der Waals surface area contributed by atoms with E-state index in [1.165, 1.54) is 0 Å². The summed E-state index contributed by atoms with van der Waals surface area (Å²) < 4.78 is 0.181. The van der Waals surface area contributed by atoms with Crippen LogP contribution in [-0.2, 0) is 6.54 Å². The van der Waals surface area contributed by atoms with E-state index in [-0.39, 0.29) is 4.75 Å². The maximum Gasteiger partial charge on any atom is 0.191 e. The van der Waals surface area contributed by atoms with Crippen LogP contribution in [-0.4, -0.2) is 30.1 Å². The molecule has 1 rings (SSSR count). The predicted molar refractivity (Wildman–Crippen MR) is 91.9 cm³/mol. The molecule has 0 aliphatic carbocycles. The van der Waals surface area contributed by atoms with Gasteiger partial charge >= 0.3 is 0 Å². The quantitative estimate of drug-likeness (QED) is 0.623. The zero-order valence-electron chi connectivity index (χ0n) is 12.7. The number of aliphatic imine (C=N–C) groups is 1. The van der Waals surface area contributed by atoms with Gasteiger partial charge in [0.1, 0.15) is 0 Å². The van der Waals surface area contributed by atoms with Crippen LogP contribution in [0.2, 0.25) is 5.02 Å². The summed E-state index contributed by atoms with van der Waals surface area (Å²) in [7, 11) is 0. The Morgan fingerprint density at radius 2 is 2.00 bits per heavy atom. The lowest BCUT2D eigenvalue weighted by Gasteiger charge is -2.23. The molecule has 0 amide bonds. The van der Waals surface area contributed by atoms with Gasteiger partial charge in [-0.25, -0.2) is 4.99 Å². The zero-order valence-corrected chi connectivity index (χ0v) is 14.2. The van der Waals surface area contributed by atoms with Crippen molar-refractivity contribution in [1.29, 1.82) is 0 Å². The molecule has 0 radical (unpaired) electrons. The summed E-state index contributed by atoms with van der Waals surface area (Å²) >= 11 is 7.98. The first-order chi connectivity index (χ1) is 9.48. The van der Waals surface area contributed by atoms with Crippen molar-refractivity contribution in [1.82, 2.24) is 10.6 Å². The van der Waals surface area contributed by atoms with E-state index in [1.54, 1.807) is 0 Å². The summed E-state index contributed by atoms with van der Waals surface area (Å²) in [5.74, 6) is 0.828. The molecule has 0 aromatic heterocycles. The Morgan fingerprint density at radius 1 is 1.30 bits per heavy atom. The molecule has 1 aromatic rings. The minimum atomic E-state index is 0.181. The highest BCUT2D eigenvalue weighted by atomic mass is 35.5. The molecule has 0 aliphatic rings. The SMILES string of the molecule is CCNC(=NCc1ccccc1Cl)NCC(C)(C)SC. The molecule has 5 heteroatoms. The lowest BCUT2D eigenvalue weighted by molar-refractivity contribution is 0.665. The smallest absolute Gasteiger partial charge is 0.191 e. The van der Waals surface area contributed by atoms with Crippen molar-refractivity contribution in [3.63, 3.8) is 0 Å². The van der Waals surface area contributed by atoms with Gasteiger partial charge in [-0.2, -0.15) is 11.8 Å². The summed E-state index contributed by atoms with van der Waals surface area (Å²) in [5.41, 5.74) is 1.04. The number of hydrogen-bond donors (Lipinski definition) is 2. The average molecular weight is 314 g/mol. The monoisotopic (exact) mass is 313 g/mol. The van der Waals surface area contributed by atoms with Crippen LogP contribution >= 0.6 is 23.4 Å². The van der Waals surface area contributed by atoms with Crippen LogP contribution in [0.5, 0.6) is 0 Å². The number of rotatable bonds is 6. The molecular formula is C15H24ClN3S. The topological polar surface area (TPSA) is 36.4 Å². The Morgan fingerprint density at radius 3 is 2.60 bits per heavy atom. The van der Waals surface area contributed by atoms with E-state index in [0.717, 1.165) is 29.6 Å². The van der Waals surface area contributed by atoms with Gasteiger partial charge in [-0.05, 0) is 38.7 Å². The summed E-state index contributed by atoms with van der Waals surface area (Å²) in [6, 6.07) is 7.80. The lowest BCUT2D eigenvalue weighted by atomic mass is 10.2. The van der Waals surface area contributed by atoms with Gasteiger partial charge in [0.25, 0.3) is 0 Å². The van der Waals surface area contributed by atoms with Crippen LogP contribution in [0, 0.1) is 0 Å². The van der Waals surface area contributed by atoms with Gasteiger partial charge in [0.05, 0.1) is 6.54 Å². The van der Waals surface area contributed by atoms with Crippen molar-refractivity contribution in [2.45, 2.75) is 32.1 Å². The summed E-state index contributed by atoms with van der Waals surface area (Å²) in [5, 5.41) is 7.39. The summed E-state index contributed by atoms with van der Waals surface area (Å²) in [6.45, 7) is 8.77. The molecule has 0 unspecified atom stereocenters. The number of guanidine groups is 1. The third-order valence-corrected chi connectivity index (χ3v) is 4.56. The van der Waals surface area contributed by atoms with E-state index < -0.39 is 0 Å². The second-order valence-electron chi connectivity index (χ2n) is 5.10. The number of nitrogens with zero attached hydrogens (tertiary/aromatic N) is 1. The molecule has 0 aliphatic heterocycles. The molecule has 0 saturated carbocycles. The van der Waals surface area contributed by atoms with Crippen LogP contribution < -0.4 is 10.6 Å². The highest BCUT2D eigenvalue weighted by Gasteiger charge is 2.16. The van der Waals surface area contributed by atoms with Crippen LogP contribution in [0.4, 0.5) is 0 Å². The standard InChI is InChI=1S/C15H24ClN3S/c1-5-17-14(19-11-15(2,3)20-4)18-10-12-8-6-7-9-13(12)16/h6-9H,5,10-11H2,1-4H3,(H2,17,18,19). The minimum absolute atomic E-state index is 0.181. The van der Waals surface area contributed by atoms with E-state index in [9.17, 15) is 0 Å². The molecule has 1 aromatic carbocycles. The molecule has 2 N–H and O–H groups in total. The molecule has 20 heavy (non-hydrogen) atoms. The van der Waals surface area contributed by atoms with E-state index in [4.69, 9.17) is 11.6 Å². The molecule has 0 atom stereocenters. The van der Waals surface area contributed by atoms with Gasteiger partial charge in [-0.1, -0.05) is 29.8 Å². The second kappa shape index (κ2) is 8.42. The van der Waals surface area contributed by atoms with E-state index >= 15 is 0 Å². The molecule has 0 spiro atoms. The highest BCUT2D eigenvalue weighted by Crippen LogP contribution is 2.19. The fourth-order valence-corrected chi connectivity index (χ4v) is 1.91. The highest BCUT2D eigenvalue weighted by molar-refractivity contribution is 7.99. The zero-order chi connectivity index (χ0) is 15.0. The molecule has 0 bridgehead atoms. The van der Waals surface area contributed by atoms with Gasteiger partial charge < -0.3 is 10.6 Å². The third-order valence-electron chi connectivity index (χ3n) is 2.94. The second-order valence-corrected chi connectivity index (χ2v) is 7.02. The van der Waals surface area contributed by atoms with Crippen LogP contribution in [0.15, 0.2) is 29.3 Å². The first-order valence-corrected chi connectivity index (χ1v) is 8.39. The van der Waals surface area contributed by atoms with Gasteiger partial charge in [0, 0.05) is 22.9 Å². The molecule has 3 nitrogen and oxygen atoms in total. The van der Waals surface area contributed by atoms with Crippen LogP contribution in [0.3, 0.4) is 0 Å². The maximum absolute atomic E-state index is 6.14. The Hall–Kier alpha value is -0.870. The fourth-order valence-electron chi connectivity index (χ4n) is 1.50. The van der Waals surface area contributed by atoms with Gasteiger partial charge in [0.2, 0.25) is 0 Å².